The van der Waals surface area contributed by atoms with Gasteiger partial charge in [0, 0.05) is 148 Å². The molecule has 516 valence electrons. The first-order valence-electron chi connectivity index (χ1n) is 32.1. The molecule has 4 amide bonds. The molecule has 6 aromatic carbocycles. The van der Waals surface area contributed by atoms with Gasteiger partial charge in [0.1, 0.15) is 23.7 Å². The highest BCUT2D eigenvalue weighted by Crippen LogP contribution is 2.41. The van der Waals surface area contributed by atoms with E-state index in [1.807, 2.05) is 98.3 Å². The van der Waals surface area contributed by atoms with Gasteiger partial charge in [0.25, 0.3) is 0 Å². The van der Waals surface area contributed by atoms with Crippen molar-refractivity contribution in [2.45, 2.75) is 53.2 Å². The van der Waals surface area contributed by atoms with Crippen LogP contribution in [-0.4, -0.2) is 168 Å². The summed E-state index contributed by atoms with van der Waals surface area (Å²) in [5.41, 5.74) is 6.72. The molecule has 28 heteroatoms. The van der Waals surface area contributed by atoms with Crippen LogP contribution in [0.15, 0.2) is 199 Å². The Hall–Kier alpha value is -9.85. The maximum atomic E-state index is 14.1. The average Bonchev–Trinajstić information content (AvgIpc) is 1.68. The van der Waals surface area contributed by atoms with Gasteiger partial charge in [-0.3, -0.25) is 29.6 Å². The number of hydrogen-bond donors (Lipinski definition) is 3. The number of hydrogen-bond acceptors (Lipinski definition) is 18. The number of carbonyl (C=O) groups excluding carboxylic acids is 4. The molecule has 2 aromatic heterocycles. The van der Waals surface area contributed by atoms with E-state index in [4.69, 9.17) is 49.2 Å². The molecule has 0 aliphatic carbocycles. The van der Waals surface area contributed by atoms with Crippen LogP contribution >= 0.6 is 57.6 Å². The standard InChI is InChI=1S/C38H36ClFN6O5S.C35H29ClFN7O3S2/c1-38(2,23-6-4-22(5-7-23)35(47)48)24-8-11-26(12-9-24)46-20-27-19-44(15-16-45(27)37(46)50)21-30-31(36(49)51-3)32(28-13-10-25(40)18-29(28)39)43-33(42-30)34-41-14-17-52-34;1-38-22-4-8-25(9-5-22)49-26-10-6-23(7-11-26)44-19-24-18-42(14-15-43(24)35(44)46)20-29-30(34(45)47-2)31(27-12-3-21(37)17-28(27)36)41-32(40-29)33-39-13-16-48-33/h4-14,17-18,27,32H,15-16,19-21H2,1-3H3,(H,42,43)(H,47,48);3-13,16-17,24,31H,14-15,18-20H2,2H3,(H,40,41)/t27-,32-;24-,31-/m00/s1. The number of amidine groups is 2. The Morgan fingerprint density at radius 2 is 1.05 bits per heavy atom. The van der Waals surface area contributed by atoms with Crippen molar-refractivity contribution in [3.8, 4) is 0 Å². The van der Waals surface area contributed by atoms with Crippen molar-refractivity contribution in [2.75, 3.05) is 89.5 Å². The first-order valence-corrected chi connectivity index (χ1v) is 35.4. The number of nitrogens with zero attached hydrogens (tertiary/aromatic N) is 11. The quantitative estimate of drug-likeness (QED) is 0.0570. The molecule has 0 spiro atoms. The number of rotatable bonds is 17. The van der Waals surface area contributed by atoms with Gasteiger partial charge in [0.15, 0.2) is 27.4 Å². The number of anilines is 2. The summed E-state index contributed by atoms with van der Waals surface area (Å²) < 4.78 is 38.5. The lowest BCUT2D eigenvalue weighted by molar-refractivity contribution is -0.137. The molecule has 0 radical (unpaired) electrons. The number of halogens is 4. The summed E-state index contributed by atoms with van der Waals surface area (Å²) in [5.74, 6) is -2.17. The molecule has 3 N–H and O–H groups in total. The van der Waals surface area contributed by atoms with E-state index in [0.29, 0.717) is 115 Å². The molecule has 0 saturated carbocycles. The zero-order valence-electron chi connectivity index (χ0n) is 54.9. The molecular weight excluding hydrogens is 1390 g/mol. The van der Waals surface area contributed by atoms with E-state index in [9.17, 15) is 37.9 Å². The molecule has 4 atom stereocenters. The van der Waals surface area contributed by atoms with Gasteiger partial charge in [-0.2, -0.15) is 0 Å². The number of carboxylic acid groups (broad SMARTS) is 1. The number of carboxylic acids is 1. The fourth-order valence-corrected chi connectivity index (χ4v) is 15.9. The van der Waals surface area contributed by atoms with E-state index in [0.717, 1.165) is 32.3 Å². The van der Waals surface area contributed by atoms with Crippen LogP contribution in [0.1, 0.15) is 68.6 Å². The molecule has 0 unspecified atom stereocenters. The molecule has 6 aliphatic heterocycles. The Morgan fingerprint density at radius 3 is 1.45 bits per heavy atom. The van der Waals surface area contributed by atoms with Gasteiger partial charge in [-0.1, -0.05) is 109 Å². The third-order valence-corrected chi connectivity index (χ3v) is 21.8. The van der Waals surface area contributed by atoms with Gasteiger partial charge in [0.2, 0.25) is 0 Å². The van der Waals surface area contributed by atoms with Crippen LogP contribution in [0.25, 0.3) is 4.85 Å². The predicted octanol–water partition coefficient (Wildman–Crippen LogP) is 12.9. The lowest BCUT2D eigenvalue weighted by Gasteiger charge is -2.38. The fourth-order valence-electron chi connectivity index (χ4n) is 13.3. The summed E-state index contributed by atoms with van der Waals surface area (Å²) in [6, 6.07) is 36.3. The zero-order chi connectivity index (χ0) is 70.8. The first-order chi connectivity index (χ1) is 48.7. The molecule has 21 nitrogen and oxygen atoms in total. The number of amides is 4. The Labute approximate surface area is 602 Å². The highest BCUT2D eigenvalue weighted by Gasteiger charge is 2.45. The molecule has 101 heavy (non-hydrogen) atoms. The Balaban J connectivity index is 0.000000181. The average molecular weight is 1460 g/mol. The smallest absolute Gasteiger partial charge is 0.338 e. The minimum absolute atomic E-state index is 0.0331. The van der Waals surface area contributed by atoms with Crippen molar-refractivity contribution in [1.29, 1.82) is 0 Å². The highest BCUT2D eigenvalue weighted by atomic mass is 35.5. The molecule has 14 rings (SSSR count). The number of piperazine rings is 2. The maximum Gasteiger partial charge on any atom is 0.338 e. The van der Waals surface area contributed by atoms with Crippen LogP contribution in [0, 0.1) is 18.2 Å². The summed E-state index contributed by atoms with van der Waals surface area (Å²) in [7, 11) is 2.62. The van der Waals surface area contributed by atoms with Gasteiger partial charge >= 0.3 is 30.0 Å². The number of aliphatic imine (C=N–C) groups is 2. The molecule has 4 saturated heterocycles. The number of carbonyl (C=O) groups is 5. The third kappa shape index (κ3) is 14.7. The van der Waals surface area contributed by atoms with Crippen molar-refractivity contribution in [3.63, 3.8) is 0 Å². The SMILES string of the molecule is COC(=O)C1=C(CN2CCN3C(=O)N(c4ccc(C(C)(C)c5ccc(C(=O)O)cc5)cc4)C[C@@H]3C2)NC(c2nccs2)=N[C@H]1c1ccc(F)cc1Cl.[C-]#[N+]c1ccc(Sc2ccc(N3C[C@@H]4CN(CC5=C(C(=O)OC)[C@H](c6ccc(F)cc6Cl)N=C(c6nccs6)N5)CCN4C3=O)cc2)cc1. The number of aromatic nitrogens is 2. The number of ether oxygens (including phenoxy) is 2. The van der Waals surface area contributed by atoms with E-state index in [2.05, 4.69) is 49.1 Å². The second-order valence-electron chi connectivity index (χ2n) is 25.0. The number of aromatic carboxylic acids is 1. The molecule has 8 heterocycles. The lowest BCUT2D eigenvalue weighted by atomic mass is 9.78. The zero-order valence-corrected chi connectivity index (χ0v) is 58.8. The molecule has 8 aromatic rings. The molecule has 6 aliphatic rings. The van der Waals surface area contributed by atoms with Crippen LogP contribution in [-0.2, 0) is 24.5 Å². The van der Waals surface area contributed by atoms with Crippen molar-refractivity contribution in [3.05, 3.63) is 250 Å². The van der Waals surface area contributed by atoms with Crippen LogP contribution in [0.4, 0.5) is 35.4 Å². The number of methoxy groups -OCH3 is 2. The first kappa shape index (κ1) is 69.6. The second-order valence-corrected chi connectivity index (χ2v) is 28.7. The van der Waals surface area contributed by atoms with Gasteiger partial charge in [-0.25, -0.2) is 47.6 Å². The van der Waals surface area contributed by atoms with Crippen LogP contribution in [0.5, 0.6) is 0 Å². The Bertz CT molecular complexity index is 4670. The van der Waals surface area contributed by atoms with Crippen molar-refractivity contribution < 1.29 is 47.3 Å². The summed E-state index contributed by atoms with van der Waals surface area (Å²) in [4.78, 5) is 101. The summed E-state index contributed by atoms with van der Waals surface area (Å²) >= 11 is 17.4. The van der Waals surface area contributed by atoms with E-state index < -0.39 is 47.0 Å². The van der Waals surface area contributed by atoms with Crippen LogP contribution < -0.4 is 20.4 Å². The number of urea groups is 2. The molecule has 0 bridgehead atoms. The minimum Gasteiger partial charge on any atom is -0.478 e. The van der Waals surface area contributed by atoms with E-state index in [1.165, 1.54) is 73.3 Å². The molecule has 4 fully saturated rings. The number of thiazole rings is 2. The van der Waals surface area contributed by atoms with E-state index in [1.54, 1.807) is 53.3 Å². The lowest BCUT2D eigenvalue weighted by Crippen LogP contribution is -2.53. The minimum atomic E-state index is -0.965. The fraction of sp³-hybridized carbons (Fsp3) is 0.260. The van der Waals surface area contributed by atoms with Gasteiger partial charge < -0.3 is 35.0 Å². The normalized spacial score (nSPS) is 19.3. The maximum absolute atomic E-state index is 14.1. The molecular formula is C73H65Cl2F2N13O8S3. The second kappa shape index (κ2) is 29.8. The highest BCUT2D eigenvalue weighted by molar-refractivity contribution is 7.99. The van der Waals surface area contributed by atoms with Crippen molar-refractivity contribution >= 4 is 116 Å². The van der Waals surface area contributed by atoms with E-state index >= 15 is 0 Å². The van der Waals surface area contributed by atoms with Crippen LogP contribution in [0.2, 0.25) is 10.0 Å². The van der Waals surface area contributed by atoms with Crippen molar-refractivity contribution in [1.82, 2.24) is 40.2 Å². The Morgan fingerprint density at radius 1 is 0.624 bits per heavy atom. The monoisotopic (exact) mass is 1460 g/mol. The predicted molar refractivity (Wildman–Crippen MR) is 385 cm³/mol. The largest absolute Gasteiger partial charge is 0.478 e. The summed E-state index contributed by atoms with van der Waals surface area (Å²) in [6.07, 6.45) is 3.34. The third-order valence-electron chi connectivity index (χ3n) is 18.6. The van der Waals surface area contributed by atoms with Gasteiger partial charge in [-0.15, -0.1) is 22.7 Å². The number of esters is 2. The van der Waals surface area contributed by atoms with Gasteiger partial charge in [-0.05, 0) is 83.9 Å². The summed E-state index contributed by atoms with van der Waals surface area (Å²) in [6.45, 7) is 16.3. The van der Waals surface area contributed by atoms with E-state index in [-0.39, 0.29) is 50.9 Å². The topological polar surface area (TPSA) is 222 Å². The summed E-state index contributed by atoms with van der Waals surface area (Å²) in [5, 5.41) is 21.2. The number of nitrogens with one attached hydrogen (secondary N) is 2. The Kier molecular flexibility index (Phi) is 20.5. The van der Waals surface area contributed by atoms with Gasteiger partial charge in [0.05, 0.1) is 49.6 Å². The number of benzene rings is 6. The van der Waals surface area contributed by atoms with Crippen molar-refractivity contribution in [2.24, 2.45) is 9.98 Å². The van der Waals surface area contributed by atoms with Crippen LogP contribution in [0.3, 0.4) is 0 Å². The number of fused-ring (bicyclic) bond motifs is 2.